The van der Waals surface area contributed by atoms with Crippen molar-refractivity contribution >= 4 is 11.8 Å². The van der Waals surface area contributed by atoms with Gasteiger partial charge in [0.15, 0.2) is 0 Å². The Hall–Kier alpha value is -1.68. The van der Waals surface area contributed by atoms with Gasteiger partial charge >= 0.3 is 5.97 Å². The molecule has 1 aromatic carbocycles. The Balaban J connectivity index is 1.83. The predicted molar refractivity (Wildman–Crippen MR) is 62.3 cm³/mol. The van der Waals surface area contributed by atoms with Gasteiger partial charge in [-0.3, -0.25) is 9.59 Å². The van der Waals surface area contributed by atoms with Crippen LogP contribution in [0, 0.1) is 0 Å². The quantitative estimate of drug-likeness (QED) is 0.793. The summed E-state index contributed by atoms with van der Waals surface area (Å²) in [7, 11) is 0. The molecule has 0 aliphatic carbocycles. The Kier molecular flexibility index (Phi) is 3.88. The first-order valence-corrected chi connectivity index (χ1v) is 5.71. The summed E-state index contributed by atoms with van der Waals surface area (Å²) in [4.78, 5) is 22.9. The van der Waals surface area contributed by atoms with Crippen LogP contribution in [0.2, 0.25) is 0 Å². The van der Waals surface area contributed by atoms with Crippen LogP contribution in [0.3, 0.4) is 0 Å². The predicted octanol–water partition coefficient (Wildman–Crippen LogP) is 1.05. The molecule has 0 aromatic heterocycles. The molecule has 1 fully saturated rings. The van der Waals surface area contributed by atoms with E-state index in [1.165, 1.54) is 0 Å². The van der Waals surface area contributed by atoms with Crippen molar-refractivity contribution in [2.75, 3.05) is 6.54 Å². The standard InChI is InChI=1S/C13H15NO3/c15-11-6-7-14-12(8-11)13(16)17-9-10-4-2-1-3-5-10/h1-5,12,14H,6-9H2. The minimum Gasteiger partial charge on any atom is -0.460 e. The molecule has 0 bridgehead atoms. The Morgan fingerprint density at radius 3 is 2.82 bits per heavy atom. The number of nitrogens with one attached hydrogen (secondary N) is 1. The molecule has 1 heterocycles. The fourth-order valence-corrected chi connectivity index (χ4v) is 1.78. The third-order valence-electron chi connectivity index (χ3n) is 2.73. The number of rotatable bonds is 3. The summed E-state index contributed by atoms with van der Waals surface area (Å²) in [6.45, 7) is 0.815. The van der Waals surface area contributed by atoms with Crippen molar-refractivity contribution in [2.24, 2.45) is 0 Å². The number of esters is 1. The van der Waals surface area contributed by atoms with E-state index in [4.69, 9.17) is 4.74 Å². The Morgan fingerprint density at radius 2 is 2.12 bits per heavy atom. The molecule has 4 heteroatoms. The van der Waals surface area contributed by atoms with Crippen molar-refractivity contribution in [3.63, 3.8) is 0 Å². The first kappa shape index (κ1) is 11.8. The number of ketones is 1. The number of carbonyl (C=O) groups is 2. The molecule has 0 spiro atoms. The zero-order chi connectivity index (χ0) is 12.1. The minimum atomic E-state index is -0.472. The largest absolute Gasteiger partial charge is 0.460 e. The topological polar surface area (TPSA) is 55.4 Å². The number of hydrogen-bond acceptors (Lipinski definition) is 4. The van der Waals surface area contributed by atoms with Crippen molar-refractivity contribution in [2.45, 2.75) is 25.5 Å². The van der Waals surface area contributed by atoms with Crippen LogP contribution in [0.15, 0.2) is 30.3 Å². The van der Waals surface area contributed by atoms with Crippen molar-refractivity contribution in [3.05, 3.63) is 35.9 Å². The number of ether oxygens (including phenoxy) is 1. The van der Waals surface area contributed by atoms with E-state index in [2.05, 4.69) is 5.32 Å². The van der Waals surface area contributed by atoms with Crippen molar-refractivity contribution in [3.8, 4) is 0 Å². The highest BCUT2D eigenvalue weighted by Crippen LogP contribution is 2.07. The van der Waals surface area contributed by atoms with E-state index in [1.807, 2.05) is 30.3 Å². The summed E-state index contributed by atoms with van der Waals surface area (Å²) >= 11 is 0. The molecular weight excluding hydrogens is 218 g/mol. The van der Waals surface area contributed by atoms with Crippen LogP contribution in [-0.2, 0) is 20.9 Å². The summed E-state index contributed by atoms with van der Waals surface area (Å²) < 4.78 is 5.16. The highest BCUT2D eigenvalue weighted by molar-refractivity contribution is 5.87. The van der Waals surface area contributed by atoms with E-state index in [0.717, 1.165) is 5.56 Å². The number of piperidine rings is 1. The van der Waals surface area contributed by atoms with E-state index in [0.29, 0.717) is 13.0 Å². The Bertz CT molecular complexity index is 402. The van der Waals surface area contributed by atoms with Crippen LogP contribution in [0.5, 0.6) is 0 Å². The van der Waals surface area contributed by atoms with E-state index >= 15 is 0 Å². The molecule has 1 aliphatic rings. The molecule has 1 N–H and O–H groups in total. The van der Waals surface area contributed by atoms with Crippen LogP contribution in [0.1, 0.15) is 18.4 Å². The van der Waals surface area contributed by atoms with Crippen LogP contribution in [-0.4, -0.2) is 24.3 Å². The van der Waals surface area contributed by atoms with Gasteiger partial charge < -0.3 is 10.1 Å². The van der Waals surface area contributed by atoms with Gasteiger partial charge in [0.25, 0.3) is 0 Å². The molecule has 4 nitrogen and oxygen atoms in total. The molecule has 1 aromatic rings. The molecule has 17 heavy (non-hydrogen) atoms. The van der Waals surface area contributed by atoms with E-state index < -0.39 is 6.04 Å². The number of Topliss-reactive ketones (excluding diaryl/α,β-unsaturated/α-hetero) is 1. The lowest BCUT2D eigenvalue weighted by atomic mass is 10.0. The Morgan fingerprint density at radius 1 is 1.35 bits per heavy atom. The van der Waals surface area contributed by atoms with Gasteiger partial charge in [-0.15, -0.1) is 0 Å². The minimum absolute atomic E-state index is 0.116. The van der Waals surface area contributed by atoms with E-state index in [-0.39, 0.29) is 24.8 Å². The molecular formula is C13H15NO3. The molecule has 0 saturated carbocycles. The molecule has 90 valence electrons. The van der Waals surface area contributed by atoms with Crippen molar-refractivity contribution in [1.29, 1.82) is 0 Å². The first-order chi connectivity index (χ1) is 8.25. The van der Waals surface area contributed by atoms with Gasteiger partial charge in [-0.05, 0) is 5.56 Å². The van der Waals surface area contributed by atoms with Crippen LogP contribution < -0.4 is 5.32 Å². The second-order valence-corrected chi connectivity index (χ2v) is 4.09. The van der Waals surface area contributed by atoms with Crippen molar-refractivity contribution in [1.82, 2.24) is 5.32 Å². The molecule has 1 unspecified atom stereocenters. The highest BCUT2D eigenvalue weighted by Gasteiger charge is 2.26. The second-order valence-electron chi connectivity index (χ2n) is 4.09. The normalized spacial score (nSPS) is 20.0. The summed E-state index contributed by atoms with van der Waals surface area (Å²) in [5.41, 5.74) is 0.947. The molecule has 1 atom stereocenters. The lowest BCUT2D eigenvalue weighted by Gasteiger charge is -2.20. The number of hydrogen-bond donors (Lipinski definition) is 1. The summed E-state index contributed by atoms with van der Waals surface area (Å²) in [6.07, 6.45) is 0.746. The zero-order valence-electron chi connectivity index (χ0n) is 9.52. The molecule has 0 radical (unpaired) electrons. The summed E-state index contributed by atoms with van der Waals surface area (Å²) in [5, 5.41) is 2.99. The van der Waals surface area contributed by atoms with Crippen molar-refractivity contribution < 1.29 is 14.3 Å². The van der Waals surface area contributed by atoms with E-state index in [9.17, 15) is 9.59 Å². The van der Waals surface area contributed by atoms with Gasteiger partial charge in [0.1, 0.15) is 18.4 Å². The molecule has 2 rings (SSSR count). The van der Waals surface area contributed by atoms with Gasteiger partial charge in [-0.1, -0.05) is 30.3 Å². The third-order valence-corrected chi connectivity index (χ3v) is 2.73. The Labute approximate surface area is 100.0 Å². The van der Waals surface area contributed by atoms with Gasteiger partial charge in [-0.2, -0.15) is 0 Å². The van der Waals surface area contributed by atoms with Gasteiger partial charge in [0.2, 0.25) is 0 Å². The SMILES string of the molecule is O=C1CCNC(C(=O)OCc2ccccc2)C1. The third kappa shape index (κ3) is 3.39. The zero-order valence-corrected chi connectivity index (χ0v) is 9.52. The van der Waals surface area contributed by atoms with E-state index in [1.54, 1.807) is 0 Å². The number of carbonyl (C=O) groups excluding carboxylic acids is 2. The lowest BCUT2D eigenvalue weighted by molar-refractivity contribution is -0.149. The highest BCUT2D eigenvalue weighted by atomic mass is 16.5. The van der Waals surface area contributed by atoms with Crippen LogP contribution in [0.25, 0.3) is 0 Å². The molecule has 1 saturated heterocycles. The average molecular weight is 233 g/mol. The maximum atomic E-state index is 11.7. The second kappa shape index (κ2) is 5.59. The molecule has 0 amide bonds. The maximum absolute atomic E-state index is 11.7. The van der Waals surface area contributed by atoms with Gasteiger partial charge in [0, 0.05) is 19.4 Å². The lowest BCUT2D eigenvalue weighted by Crippen LogP contribution is -2.44. The number of benzene rings is 1. The fourth-order valence-electron chi connectivity index (χ4n) is 1.78. The summed E-state index contributed by atoms with van der Waals surface area (Å²) in [6, 6.07) is 9.02. The first-order valence-electron chi connectivity index (χ1n) is 5.71. The van der Waals surface area contributed by atoms with Gasteiger partial charge in [0.05, 0.1) is 0 Å². The van der Waals surface area contributed by atoms with Gasteiger partial charge in [-0.25, -0.2) is 0 Å². The average Bonchev–Trinajstić information content (AvgIpc) is 2.37. The summed E-state index contributed by atoms with van der Waals surface area (Å²) in [5.74, 6) is -0.229. The maximum Gasteiger partial charge on any atom is 0.323 e. The monoisotopic (exact) mass is 233 g/mol. The fraction of sp³-hybridized carbons (Fsp3) is 0.385. The van der Waals surface area contributed by atoms with Crippen LogP contribution >= 0.6 is 0 Å². The molecule has 1 aliphatic heterocycles. The van der Waals surface area contributed by atoms with Crippen LogP contribution in [0.4, 0.5) is 0 Å². The smallest absolute Gasteiger partial charge is 0.323 e.